The van der Waals surface area contributed by atoms with E-state index in [1.54, 1.807) is 22.9 Å². The molecule has 0 saturated heterocycles. The molecule has 1 heterocycles. The molecule has 5 nitrogen and oxygen atoms in total. The minimum Gasteiger partial charge on any atom is -0.389 e. The van der Waals surface area contributed by atoms with Crippen LogP contribution in [0.2, 0.25) is 0 Å². The van der Waals surface area contributed by atoms with Crippen LogP contribution in [0.15, 0.2) is 60.3 Å². The Hall–Kier alpha value is -3.25. The van der Waals surface area contributed by atoms with E-state index in [1.165, 1.54) is 17.7 Å². The molecular formula is C27H28FN3O2. The van der Waals surface area contributed by atoms with Crippen LogP contribution in [0.3, 0.4) is 0 Å². The molecule has 2 aromatic carbocycles. The highest BCUT2D eigenvalue weighted by Gasteiger charge is 2.56. The van der Waals surface area contributed by atoms with Gasteiger partial charge in [0.15, 0.2) is 0 Å². The second-order valence-corrected chi connectivity index (χ2v) is 9.28. The third-order valence-electron chi connectivity index (χ3n) is 7.75. The summed E-state index contributed by atoms with van der Waals surface area (Å²) >= 11 is 0. The number of aliphatic hydroxyl groups is 1. The number of nitrogens with zero attached hydrogens (tertiary/aromatic N) is 2. The number of hydrogen-bond acceptors (Lipinski definition) is 3. The molecule has 33 heavy (non-hydrogen) atoms. The summed E-state index contributed by atoms with van der Waals surface area (Å²) in [5, 5.41) is 16.5. The van der Waals surface area contributed by atoms with Crippen molar-refractivity contribution in [2.24, 2.45) is 11.1 Å². The monoisotopic (exact) mass is 445 g/mol. The number of nitrogens with two attached hydrogens (primary N) is 1. The Kier molecular flexibility index (Phi) is 5.20. The molecular weight excluding hydrogens is 417 g/mol. The highest BCUT2D eigenvalue weighted by Crippen LogP contribution is 2.59. The van der Waals surface area contributed by atoms with Crippen molar-refractivity contribution >= 4 is 12.0 Å². The van der Waals surface area contributed by atoms with Gasteiger partial charge in [-0.3, -0.25) is 4.79 Å². The number of aryl methyl sites for hydroxylation is 1. The van der Waals surface area contributed by atoms with Gasteiger partial charge in [0.2, 0.25) is 5.91 Å². The zero-order chi connectivity index (χ0) is 23.2. The van der Waals surface area contributed by atoms with E-state index in [0.717, 1.165) is 29.7 Å². The number of primary amides is 1. The molecule has 0 radical (unpaired) electrons. The van der Waals surface area contributed by atoms with Crippen molar-refractivity contribution in [2.45, 2.75) is 51.0 Å². The molecule has 5 rings (SSSR count). The van der Waals surface area contributed by atoms with Crippen LogP contribution in [0.4, 0.5) is 4.39 Å². The van der Waals surface area contributed by atoms with Crippen molar-refractivity contribution in [3.05, 3.63) is 88.5 Å². The lowest BCUT2D eigenvalue weighted by Crippen LogP contribution is -2.47. The topological polar surface area (TPSA) is 81.1 Å². The van der Waals surface area contributed by atoms with E-state index in [2.05, 4.69) is 18.1 Å². The summed E-state index contributed by atoms with van der Waals surface area (Å²) in [4.78, 5) is 11.8. The van der Waals surface area contributed by atoms with Crippen LogP contribution in [-0.2, 0) is 12.8 Å². The van der Waals surface area contributed by atoms with Gasteiger partial charge in [-0.15, -0.1) is 0 Å². The summed E-state index contributed by atoms with van der Waals surface area (Å²) in [7, 11) is 0. The molecule has 1 aromatic heterocycles. The van der Waals surface area contributed by atoms with Crippen molar-refractivity contribution < 1.29 is 14.3 Å². The number of amides is 1. The molecule has 0 bridgehead atoms. The van der Waals surface area contributed by atoms with Crippen LogP contribution in [0, 0.1) is 11.2 Å². The molecule has 1 fully saturated rings. The number of carbonyl (C=O) groups is 1. The average molecular weight is 446 g/mol. The lowest BCUT2D eigenvalue weighted by molar-refractivity contribution is -0.0569. The van der Waals surface area contributed by atoms with Gasteiger partial charge >= 0.3 is 0 Å². The third-order valence-corrected chi connectivity index (χ3v) is 7.75. The van der Waals surface area contributed by atoms with E-state index in [0.29, 0.717) is 36.9 Å². The standard InChI is InChI=1S/C27H28FN3O2/c1-2-26-16-19-17-30-31(22-8-5-7-21(28)15-22)24(19)14-20(26)11-13-27(26,33)12-10-18-6-3-4-9-23(18)25(29)32/h3-9,14-15,17,33H,2,10-13,16H2,1H3,(H2,29,32)/t26-,27-/m0/s1. The van der Waals surface area contributed by atoms with Gasteiger partial charge < -0.3 is 10.8 Å². The van der Waals surface area contributed by atoms with Crippen LogP contribution in [-0.4, -0.2) is 26.4 Å². The number of hydrogen-bond donors (Lipinski definition) is 2. The fourth-order valence-electron chi connectivity index (χ4n) is 5.96. The maximum absolute atomic E-state index is 13.8. The van der Waals surface area contributed by atoms with Crippen LogP contribution in [0.25, 0.3) is 11.8 Å². The maximum Gasteiger partial charge on any atom is 0.248 e. The molecule has 0 spiro atoms. The van der Waals surface area contributed by atoms with Crippen LogP contribution >= 0.6 is 0 Å². The first-order valence-corrected chi connectivity index (χ1v) is 11.5. The molecule has 3 N–H and O–H groups in total. The SMILES string of the molecule is CC[C@]12Cc3cnn(-c4cccc(F)c4)c3C=C1CC[C@@]2(O)CCc1ccccc1C(N)=O. The number of halogens is 1. The van der Waals surface area contributed by atoms with Crippen molar-refractivity contribution in [1.29, 1.82) is 0 Å². The molecule has 2 aliphatic rings. The first-order valence-electron chi connectivity index (χ1n) is 11.5. The van der Waals surface area contributed by atoms with Crippen molar-refractivity contribution in [1.82, 2.24) is 9.78 Å². The Bertz CT molecular complexity index is 1260. The predicted octanol–water partition coefficient (Wildman–Crippen LogP) is 4.60. The van der Waals surface area contributed by atoms with Gasteiger partial charge in [-0.25, -0.2) is 9.07 Å². The van der Waals surface area contributed by atoms with E-state index < -0.39 is 11.5 Å². The van der Waals surface area contributed by atoms with Crippen LogP contribution < -0.4 is 5.73 Å². The Labute approximate surface area is 192 Å². The lowest BCUT2D eigenvalue weighted by atomic mass is 9.63. The summed E-state index contributed by atoms with van der Waals surface area (Å²) in [5.41, 5.74) is 9.61. The maximum atomic E-state index is 13.8. The number of fused-ring (bicyclic) bond motifs is 2. The Balaban J connectivity index is 1.48. The van der Waals surface area contributed by atoms with Crippen molar-refractivity contribution in [3.63, 3.8) is 0 Å². The highest BCUT2D eigenvalue weighted by molar-refractivity contribution is 5.94. The Morgan fingerprint density at radius 1 is 1.24 bits per heavy atom. The molecule has 3 aromatic rings. The summed E-state index contributed by atoms with van der Waals surface area (Å²) in [5.74, 6) is -0.739. The minimum absolute atomic E-state index is 0.297. The quantitative estimate of drug-likeness (QED) is 0.582. The molecule has 6 heteroatoms. The van der Waals surface area contributed by atoms with Crippen molar-refractivity contribution in [3.8, 4) is 5.69 Å². The third kappa shape index (κ3) is 3.40. The van der Waals surface area contributed by atoms with Gasteiger partial charge in [0.05, 0.1) is 23.2 Å². The van der Waals surface area contributed by atoms with Gasteiger partial charge in [0.25, 0.3) is 0 Å². The minimum atomic E-state index is -0.892. The molecule has 2 aliphatic carbocycles. The Morgan fingerprint density at radius 3 is 2.82 bits per heavy atom. The molecule has 0 unspecified atom stereocenters. The first-order chi connectivity index (χ1) is 15.9. The molecule has 170 valence electrons. The van der Waals surface area contributed by atoms with Crippen LogP contribution in [0.1, 0.15) is 59.8 Å². The molecule has 1 amide bonds. The lowest BCUT2D eigenvalue weighted by Gasteiger charge is -2.45. The summed E-state index contributed by atoms with van der Waals surface area (Å²) < 4.78 is 15.6. The number of aromatic nitrogens is 2. The predicted molar refractivity (Wildman–Crippen MR) is 125 cm³/mol. The number of benzene rings is 2. The van der Waals surface area contributed by atoms with E-state index in [-0.39, 0.29) is 11.2 Å². The molecule has 2 atom stereocenters. The molecule has 0 aliphatic heterocycles. The number of carbonyl (C=O) groups excluding carboxylic acids is 1. The summed E-state index contributed by atoms with van der Waals surface area (Å²) in [6.45, 7) is 2.13. The summed E-state index contributed by atoms with van der Waals surface area (Å²) in [6, 6.07) is 13.8. The second-order valence-electron chi connectivity index (χ2n) is 9.28. The second kappa shape index (κ2) is 7.96. The highest BCUT2D eigenvalue weighted by atomic mass is 19.1. The fraction of sp³-hybridized carbons (Fsp3) is 0.333. The van der Waals surface area contributed by atoms with E-state index >= 15 is 0 Å². The number of rotatable bonds is 6. The molecule has 1 saturated carbocycles. The average Bonchev–Trinajstić information content (AvgIpc) is 3.35. The zero-order valence-electron chi connectivity index (χ0n) is 18.7. The zero-order valence-corrected chi connectivity index (χ0v) is 18.7. The normalized spacial score (nSPS) is 23.7. The largest absolute Gasteiger partial charge is 0.389 e. The van der Waals surface area contributed by atoms with E-state index in [9.17, 15) is 14.3 Å². The van der Waals surface area contributed by atoms with E-state index in [1.807, 2.05) is 24.4 Å². The first kappa shape index (κ1) is 21.6. The van der Waals surface area contributed by atoms with Gasteiger partial charge in [0.1, 0.15) is 5.82 Å². The van der Waals surface area contributed by atoms with E-state index in [4.69, 9.17) is 5.73 Å². The van der Waals surface area contributed by atoms with Crippen LogP contribution in [0.5, 0.6) is 0 Å². The van der Waals surface area contributed by atoms with Gasteiger partial charge in [-0.05, 0) is 80.0 Å². The van der Waals surface area contributed by atoms with Gasteiger partial charge in [0, 0.05) is 11.0 Å². The van der Waals surface area contributed by atoms with Gasteiger partial charge in [-0.1, -0.05) is 36.8 Å². The van der Waals surface area contributed by atoms with Gasteiger partial charge in [-0.2, -0.15) is 5.10 Å². The smallest absolute Gasteiger partial charge is 0.248 e. The Morgan fingerprint density at radius 2 is 2.06 bits per heavy atom. The summed E-state index contributed by atoms with van der Waals surface area (Å²) in [6.07, 6.45) is 8.08. The van der Waals surface area contributed by atoms with Crippen molar-refractivity contribution in [2.75, 3.05) is 0 Å². The fourth-order valence-corrected chi connectivity index (χ4v) is 5.96.